The third kappa shape index (κ3) is 10.4. The molecule has 0 saturated heterocycles. The van der Waals surface area contributed by atoms with Gasteiger partial charge >= 0.3 is 0 Å². The summed E-state index contributed by atoms with van der Waals surface area (Å²) in [4.78, 5) is 0. The summed E-state index contributed by atoms with van der Waals surface area (Å²) < 4.78 is 17.5. The van der Waals surface area contributed by atoms with E-state index in [4.69, 9.17) is 14.2 Å². The maximum atomic E-state index is 5.82. The Balaban J connectivity index is 0. The Morgan fingerprint density at radius 2 is 1.14 bits per heavy atom. The third-order valence-electron chi connectivity index (χ3n) is 3.63. The second kappa shape index (κ2) is 17.0. The predicted octanol–water partition coefficient (Wildman–Crippen LogP) is 5.94. The maximum Gasteiger partial charge on any atom is 0.285 e. The summed E-state index contributed by atoms with van der Waals surface area (Å²) in [5.74, 6) is -0.588. The van der Waals surface area contributed by atoms with Crippen LogP contribution < -0.4 is 0 Å². The van der Waals surface area contributed by atoms with E-state index in [1.807, 2.05) is 20.8 Å². The van der Waals surface area contributed by atoms with Gasteiger partial charge in [0.2, 0.25) is 0 Å². The van der Waals surface area contributed by atoms with Crippen molar-refractivity contribution < 1.29 is 14.2 Å². The predicted molar refractivity (Wildman–Crippen MR) is 96.0 cm³/mol. The highest BCUT2D eigenvalue weighted by Gasteiger charge is 2.38. The van der Waals surface area contributed by atoms with E-state index in [1.54, 1.807) is 0 Å². The average Bonchev–Trinajstić information content (AvgIpc) is 2.53. The van der Waals surface area contributed by atoms with Gasteiger partial charge in [-0.2, -0.15) is 0 Å². The molecule has 0 amide bonds. The lowest BCUT2D eigenvalue weighted by Gasteiger charge is -2.37. The summed E-state index contributed by atoms with van der Waals surface area (Å²) in [7, 11) is 0. The molecule has 0 fully saturated rings. The molecular weight excluding hydrogens is 276 g/mol. The zero-order valence-corrected chi connectivity index (χ0v) is 15.8. The molecule has 1 unspecified atom stereocenters. The molecular formula is C19H40O3. The molecule has 0 aromatic rings. The number of unbranched alkanes of at least 4 members (excludes halogenated alkanes) is 5. The molecule has 0 aliphatic rings. The van der Waals surface area contributed by atoms with Crippen molar-refractivity contribution in [2.24, 2.45) is 5.92 Å². The van der Waals surface area contributed by atoms with Gasteiger partial charge in [0.25, 0.3) is 5.97 Å². The normalized spacial score (nSPS) is 12.6. The van der Waals surface area contributed by atoms with Gasteiger partial charge < -0.3 is 14.2 Å². The topological polar surface area (TPSA) is 27.7 Å². The van der Waals surface area contributed by atoms with E-state index in [9.17, 15) is 0 Å². The SMILES string of the molecule is C=C.CCCCCCCCC(C)C(OCC)(OCC)OCC. The summed E-state index contributed by atoms with van der Waals surface area (Å²) in [6.45, 7) is 18.2. The van der Waals surface area contributed by atoms with Gasteiger partial charge in [0.1, 0.15) is 0 Å². The molecule has 0 aliphatic heterocycles. The fourth-order valence-corrected chi connectivity index (χ4v) is 2.56. The monoisotopic (exact) mass is 316 g/mol. The molecule has 0 N–H and O–H groups in total. The highest BCUT2D eigenvalue weighted by atomic mass is 16.9. The second-order valence-corrected chi connectivity index (χ2v) is 5.36. The van der Waals surface area contributed by atoms with E-state index < -0.39 is 5.97 Å². The van der Waals surface area contributed by atoms with Gasteiger partial charge in [-0.1, -0.05) is 52.4 Å². The highest BCUT2D eigenvalue weighted by Crippen LogP contribution is 2.30. The van der Waals surface area contributed by atoms with Crippen LogP contribution in [0.3, 0.4) is 0 Å². The largest absolute Gasteiger partial charge is 0.328 e. The summed E-state index contributed by atoms with van der Waals surface area (Å²) in [5.41, 5.74) is 0. The number of rotatable bonds is 14. The van der Waals surface area contributed by atoms with Crippen molar-refractivity contribution in [3.05, 3.63) is 13.2 Å². The van der Waals surface area contributed by atoms with Crippen LogP contribution in [0.5, 0.6) is 0 Å². The second-order valence-electron chi connectivity index (χ2n) is 5.36. The summed E-state index contributed by atoms with van der Waals surface area (Å²) >= 11 is 0. The van der Waals surface area contributed by atoms with Crippen molar-refractivity contribution in [3.63, 3.8) is 0 Å². The zero-order valence-electron chi connectivity index (χ0n) is 15.8. The minimum absolute atomic E-state index is 0.258. The molecule has 0 radical (unpaired) electrons. The van der Waals surface area contributed by atoms with Crippen molar-refractivity contribution >= 4 is 0 Å². The quantitative estimate of drug-likeness (QED) is 0.225. The lowest BCUT2D eigenvalue weighted by atomic mass is 9.99. The van der Waals surface area contributed by atoms with Gasteiger partial charge in [-0.3, -0.25) is 0 Å². The molecule has 3 nitrogen and oxygen atoms in total. The van der Waals surface area contributed by atoms with Crippen LogP contribution in [0.1, 0.15) is 79.6 Å². The van der Waals surface area contributed by atoms with Crippen LogP contribution in [0.25, 0.3) is 0 Å². The Morgan fingerprint density at radius 1 is 0.727 bits per heavy atom. The first kappa shape index (κ1) is 23.9. The van der Waals surface area contributed by atoms with Gasteiger partial charge in [-0.15, -0.1) is 13.2 Å². The Bertz CT molecular complexity index is 202. The molecule has 0 spiro atoms. The Labute approximate surface area is 139 Å². The minimum Gasteiger partial charge on any atom is -0.328 e. The number of ether oxygens (including phenoxy) is 3. The smallest absolute Gasteiger partial charge is 0.285 e. The molecule has 0 aromatic heterocycles. The Hall–Kier alpha value is -0.380. The van der Waals surface area contributed by atoms with Crippen molar-refractivity contribution in [1.29, 1.82) is 0 Å². The third-order valence-corrected chi connectivity index (χ3v) is 3.63. The van der Waals surface area contributed by atoms with Crippen molar-refractivity contribution in [3.8, 4) is 0 Å². The average molecular weight is 317 g/mol. The fourth-order valence-electron chi connectivity index (χ4n) is 2.56. The maximum absolute atomic E-state index is 5.82. The van der Waals surface area contributed by atoms with Gasteiger partial charge in [-0.05, 0) is 27.2 Å². The van der Waals surface area contributed by atoms with Crippen molar-refractivity contribution in [1.82, 2.24) is 0 Å². The molecule has 3 heteroatoms. The van der Waals surface area contributed by atoms with Gasteiger partial charge in [0, 0.05) is 25.7 Å². The van der Waals surface area contributed by atoms with Crippen LogP contribution in [0.4, 0.5) is 0 Å². The fraction of sp³-hybridized carbons (Fsp3) is 0.895. The van der Waals surface area contributed by atoms with E-state index in [-0.39, 0.29) is 5.92 Å². The molecule has 134 valence electrons. The molecule has 1 atom stereocenters. The lowest BCUT2D eigenvalue weighted by molar-refractivity contribution is -0.400. The first-order valence-corrected chi connectivity index (χ1v) is 9.08. The number of hydrogen-bond donors (Lipinski definition) is 0. The Kier molecular flexibility index (Phi) is 18.4. The van der Waals surface area contributed by atoms with E-state index in [2.05, 4.69) is 27.0 Å². The highest BCUT2D eigenvalue weighted by molar-refractivity contribution is 4.68. The van der Waals surface area contributed by atoms with Gasteiger partial charge in [0.15, 0.2) is 0 Å². The first-order chi connectivity index (χ1) is 10.7. The summed E-state index contributed by atoms with van der Waals surface area (Å²) in [5, 5.41) is 0. The van der Waals surface area contributed by atoms with E-state index in [0.717, 1.165) is 6.42 Å². The van der Waals surface area contributed by atoms with Gasteiger partial charge in [0.05, 0.1) is 0 Å². The minimum atomic E-state index is -0.846. The molecule has 0 saturated carbocycles. The van der Waals surface area contributed by atoms with E-state index >= 15 is 0 Å². The standard InChI is InChI=1S/C17H36O3.C2H4/c1-6-10-11-12-13-14-15-16(5)17(18-7-2,19-8-3)20-9-4;1-2/h16H,6-15H2,1-5H3;1-2H2. The molecule has 0 aliphatic carbocycles. The lowest BCUT2D eigenvalue weighted by Crippen LogP contribution is -2.45. The molecule has 0 rings (SSSR count). The van der Waals surface area contributed by atoms with Crippen LogP contribution in [0.15, 0.2) is 13.2 Å². The van der Waals surface area contributed by atoms with Crippen LogP contribution in [0.2, 0.25) is 0 Å². The summed E-state index contributed by atoms with van der Waals surface area (Å²) in [6.07, 6.45) is 8.97. The van der Waals surface area contributed by atoms with E-state index in [0.29, 0.717) is 19.8 Å². The molecule has 0 aromatic carbocycles. The van der Waals surface area contributed by atoms with Crippen LogP contribution in [-0.4, -0.2) is 25.8 Å². The Morgan fingerprint density at radius 3 is 1.55 bits per heavy atom. The van der Waals surface area contributed by atoms with Crippen LogP contribution in [-0.2, 0) is 14.2 Å². The van der Waals surface area contributed by atoms with Gasteiger partial charge in [-0.25, -0.2) is 0 Å². The first-order valence-electron chi connectivity index (χ1n) is 9.08. The summed E-state index contributed by atoms with van der Waals surface area (Å²) in [6, 6.07) is 0. The molecule has 0 bridgehead atoms. The van der Waals surface area contributed by atoms with Crippen LogP contribution in [0, 0.1) is 5.92 Å². The van der Waals surface area contributed by atoms with Crippen molar-refractivity contribution in [2.75, 3.05) is 19.8 Å². The zero-order chi connectivity index (χ0) is 17.3. The van der Waals surface area contributed by atoms with E-state index in [1.165, 1.54) is 38.5 Å². The number of hydrogen-bond acceptors (Lipinski definition) is 3. The van der Waals surface area contributed by atoms with Crippen molar-refractivity contribution in [2.45, 2.75) is 85.5 Å². The molecule has 0 heterocycles. The molecule has 22 heavy (non-hydrogen) atoms. The van der Waals surface area contributed by atoms with Crippen LogP contribution >= 0.6 is 0 Å².